The molecule has 8 aromatic carbocycles. The van der Waals surface area contributed by atoms with Crippen molar-refractivity contribution in [2.24, 2.45) is 0 Å². The molecule has 0 radical (unpaired) electrons. The smallest absolute Gasteiger partial charge is 0.120 e. The van der Waals surface area contributed by atoms with E-state index in [0.717, 1.165) is 89.0 Å². The lowest BCUT2D eigenvalue weighted by atomic mass is 9.65. The van der Waals surface area contributed by atoms with Crippen LogP contribution < -0.4 is 0 Å². The zero-order valence-corrected chi connectivity index (χ0v) is 46.8. The highest BCUT2D eigenvalue weighted by Gasteiger charge is 2.38. The van der Waals surface area contributed by atoms with Crippen LogP contribution in [-0.2, 0) is 5.41 Å². The first kappa shape index (κ1) is 57.3. The van der Waals surface area contributed by atoms with Crippen LogP contribution in [-0.4, -0.2) is 42.8 Å². The van der Waals surface area contributed by atoms with Crippen LogP contribution in [0, 0.1) is 94.7 Å². The van der Waals surface area contributed by atoms with Gasteiger partial charge in [0.25, 0.3) is 0 Å². The van der Waals surface area contributed by atoms with Gasteiger partial charge in [0.2, 0.25) is 0 Å². The van der Waals surface area contributed by atoms with E-state index in [4.69, 9.17) is 0 Å². The van der Waals surface area contributed by atoms with Gasteiger partial charge in [-0.3, -0.25) is 0 Å². The van der Waals surface area contributed by atoms with E-state index in [1.54, 1.807) is 55.4 Å². The Balaban J connectivity index is 1.21. The second kappa shape index (κ2) is 24.8. The molecule has 0 amide bonds. The SMILES string of the molecule is CC(C)(O)C#Cc1ccc(C#Cc2ccc(C(c3ccc(C#Cc4ccc(C#CC(C)(C)O)cc4)cc3)(c3ccc(C#Cc4ccc(C#CC(C)(C)O)cc4)cc3)c3ccc(C#Cc4ccc(C#CC(C)(C)O)cc4)cc3)cc2)cc1. The maximum absolute atomic E-state index is 10.1. The summed E-state index contributed by atoms with van der Waals surface area (Å²) >= 11 is 0. The first-order chi connectivity index (χ1) is 38.5. The largest absolute Gasteiger partial charge is 0.378 e. The summed E-state index contributed by atoms with van der Waals surface area (Å²) in [5.74, 6) is 50.2. The predicted molar refractivity (Wildman–Crippen MR) is 327 cm³/mol. The molecule has 0 heterocycles. The fourth-order valence-corrected chi connectivity index (χ4v) is 8.24. The second-order valence-corrected chi connectivity index (χ2v) is 21.6. The highest BCUT2D eigenvalue weighted by Crippen LogP contribution is 2.45. The van der Waals surface area contributed by atoms with Gasteiger partial charge < -0.3 is 20.4 Å². The minimum absolute atomic E-state index is 0.797. The predicted octanol–water partition coefficient (Wildman–Crippen LogP) is 12.2. The van der Waals surface area contributed by atoms with Crippen LogP contribution in [0.3, 0.4) is 0 Å². The summed E-state index contributed by atoms with van der Waals surface area (Å²) < 4.78 is 0. The maximum Gasteiger partial charge on any atom is 0.120 e. The highest BCUT2D eigenvalue weighted by atomic mass is 16.3. The van der Waals surface area contributed by atoms with Crippen molar-refractivity contribution in [1.82, 2.24) is 0 Å². The fraction of sp³-hybridized carbons (Fsp3) is 0.169. The molecule has 392 valence electrons. The van der Waals surface area contributed by atoms with Crippen LogP contribution >= 0.6 is 0 Å². The van der Waals surface area contributed by atoms with Crippen molar-refractivity contribution in [1.29, 1.82) is 0 Å². The minimum Gasteiger partial charge on any atom is -0.378 e. The molecule has 0 bridgehead atoms. The number of rotatable bonds is 4. The second-order valence-electron chi connectivity index (χ2n) is 21.6. The van der Waals surface area contributed by atoms with Crippen LogP contribution in [0.5, 0.6) is 0 Å². The molecule has 4 N–H and O–H groups in total. The van der Waals surface area contributed by atoms with Crippen LogP contribution in [0.25, 0.3) is 0 Å². The van der Waals surface area contributed by atoms with Gasteiger partial charge in [-0.15, -0.1) is 0 Å². The van der Waals surface area contributed by atoms with Gasteiger partial charge in [0.05, 0.1) is 5.41 Å². The van der Waals surface area contributed by atoms with E-state index in [9.17, 15) is 20.4 Å². The molecule has 0 saturated carbocycles. The van der Waals surface area contributed by atoms with Crippen molar-refractivity contribution >= 4 is 0 Å². The average molecular weight is 1050 g/mol. The molecule has 4 heteroatoms. The molecule has 0 aliphatic rings. The number of hydrogen-bond acceptors (Lipinski definition) is 4. The van der Waals surface area contributed by atoms with E-state index in [0.29, 0.717) is 0 Å². The number of hydrogen-bond donors (Lipinski definition) is 4. The average Bonchev–Trinajstić information content (AvgIpc) is 3.64. The molecule has 81 heavy (non-hydrogen) atoms. The van der Waals surface area contributed by atoms with E-state index in [2.05, 4.69) is 192 Å². The molecule has 0 aromatic heterocycles. The lowest BCUT2D eigenvalue weighted by Gasteiger charge is -2.37. The molecule has 0 fully saturated rings. The molecule has 0 atom stereocenters. The van der Waals surface area contributed by atoms with Crippen molar-refractivity contribution in [2.45, 2.75) is 83.2 Å². The molecule has 0 aliphatic carbocycles. The van der Waals surface area contributed by atoms with Crippen molar-refractivity contribution in [3.63, 3.8) is 0 Å². The summed E-state index contributed by atoms with van der Waals surface area (Å²) in [7, 11) is 0. The Hall–Kier alpha value is -9.92. The van der Waals surface area contributed by atoms with Gasteiger partial charge in [-0.05, 0) is 223 Å². The zero-order chi connectivity index (χ0) is 57.7. The summed E-state index contributed by atoms with van der Waals surface area (Å²) in [5.41, 5.74) is 8.73. The van der Waals surface area contributed by atoms with Gasteiger partial charge in [-0.25, -0.2) is 0 Å². The minimum atomic E-state index is -1.09. The zero-order valence-electron chi connectivity index (χ0n) is 46.8. The van der Waals surface area contributed by atoms with Crippen molar-refractivity contribution < 1.29 is 20.4 Å². The topological polar surface area (TPSA) is 80.9 Å². The standard InChI is InChI=1S/C77H60O4/c1-73(2,78)53-49-65-25-17-57(18-26-65)9-13-61-33-41-69(42-34-61)77(70-43-35-62(36-44-70)14-10-58-19-27-66(28-20-58)50-54-74(3,4)79,71-45-37-63(38-46-71)15-11-59-21-29-67(30-22-59)51-55-75(5,6)80)72-47-39-64(40-48-72)16-12-60-23-31-68(32-24-60)52-56-76(7,8)81/h17-48,78-81H,1-8H3. The normalized spacial score (nSPS) is 10.9. The van der Waals surface area contributed by atoms with Gasteiger partial charge >= 0.3 is 0 Å². The van der Waals surface area contributed by atoms with Crippen LogP contribution in [0.1, 0.15) is 144 Å². The van der Waals surface area contributed by atoms with Crippen LogP contribution in [0.15, 0.2) is 194 Å². The van der Waals surface area contributed by atoms with E-state index in [-0.39, 0.29) is 0 Å². The third kappa shape index (κ3) is 17.0. The summed E-state index contributed by atoms with van der Waals surface area (Å²) in [6, 6.07) is 64.4. The van der Waals surface area contributed by atoms with Gasteiger partial charge in [0.15, 0.2) is 0 Å². The van der Waals surface area contributed by atoms with E-state index in [1.807, 2.05) is 97.1 Å². The van der Waals surface area contributed by atoms with Crippen LogP contribution in [0.4, 0.5) is 0 Å². The number of benzene rings is 8. The molecule has 0 spiro atoms. The third-order valence-electron chi connectivity index (χ3n) is 12.3. The van der Waals surface area contributed by atoms with Crippen LogP contribution in [0.2, 0.25) is 0 Å². The molecule has 0 saturated heterocycles. The van der Waals surface area contributed by atoms with Gasteiger partial charge in [-0.2, -0.15) is 0 Å². The Morgan fingerprint density at radius 2 is 0.296 bits per heavy atom. The highest BCUT2D eigenvalue weighted by molar-refractivity contribution is 5.63. The fourth-order valence-electron chi connectivity index (χ4n) is 8.24. The summed E-state index contributed by atoms with van der Waals surface area (Å²) in [4.78, 5) is 0. The van der Waals surface area contributed by atoms with E-state index in [1.165, 1.54) is 0 Å². The van der Waals surface area contributed by atoms with Crippen molar-refractivity contribution in [3.8, 4) is 94.7 Å². The van der Waals surface area contributed by atoms with Gasteiger partial charge in [-0.1, -0.05) is 143 Å². The maximum atomic E-state index is 10.1. The molecular formula is C77H60O4. The first-order valence-corrected chi connectivity index (χ1v) is 26.5. The molecule has 0 aliphatic heterocycles. The number of aliphatic hydroxyl groups is 4. The Kier molecular flexibility index (Phi) is 17.5. The monoisotopic (exact) mass is 1050 g/mol. The van der Waals surface area contributed by atoms with Crippen molar-refractivity contribution in [2.75, 3.05) is 0 Å². The Bertz CT molecular complexity index is 3520. The molecular weight excluding hydrogens is 989 g/mol. The summed E-state index contributed by atoms with van der Waals surface area (Å²) in [6.45, 7) is 13.3. The molecule has 4 nitrogen and oxygen atoms in total. The Morgan fingerprint density at radius 1 is 0.185 bits per heavy atom. The van der Waals surface area contributed by atoms with E-state index < -0.39 is 27.8 Å². The Labute approximate surface area is 479 Å². The summed E-state index contributed by atoms with van der Waals surface area (Å²) in [5, 5.41) is 40.3. The lowest BCUT2D eigenvalue weighted by molar-refractivity contribution is 0.143. The molecule has 8 rings (SSSR count). The quantitative estimate of drug-likeness (QED) is 0.105. The van der Waals surface area contributed by atoms with Crippen molar-refractivity contribution in [3.05, 3.63) is 283 Å². The third-order valence-corrected chi connectivity index (χ3v) is 12.3. The van der Waals surface area contributed by atoms with Gasteiger partial charge in [0, 0.05) is 66.8 Å². The summed E-state index contributed by atoms with van der Waals surface area (Å²) in [6.07, 6.45) is 0. The molecule has 0 unspecified atom stereocenters. The first-order valence-electron chi connectivity index (χ1n) is 26.5. The lowest BCUT2D eigenvalue weighted by Crippen LogP contribution is -2.31. The Morgan fingerprint density at radius 3 is 0.420 bits per heavy atom. The van der Waals surface area contributed by atoms with Gasteiger partial charge in [0.1, 0.15) is 22.4 Å². The molecule has 8 aromatic rings. The van der Waals surface area contributed by atoms with E-state index >= 15 is 0 Å².